The number of pyridine rings is 1. The number of benzene rings is 1. The van der Waals surface area contributed by atoms with E-state index >= 15 is 0 Å². The zero-order chi connectivity index (χ0) is 18.3. The van der Waals surface area contributed by atoms with Crippen molar-refractivity contribution < 1.29 is 18.5 Å². The van der Waals surface area contributed by atoms with Gasteiger partial charge in [-0.05, 0) is 43.5 Å². The highest BCUT2D eigenvalue weighted by Crippen LogP contribution is 2.40. The van der Waals surface area contributed by atoms with Gasteiger partial charge < -0.3 is 4.52 Å². The predicted octanol–water partition coefficient (Wildman–Crippen LogP) is 4.17. The largest absolute Gasteiger partial charge is 0.336 e. The monoisotopic (exact) mass is 419 g/mol. The van der Waals surface area contributed by atoms with Crippen molar-refractivity contribution in [2.75, 3.05) is 0 Å². The van der Waals surface area contributed by atoms with Crippen LogP contribution >= 0.6 is 15.9 Å². The SMILES string of the molecule is Cc1noc2nc(C3CC3)cc(C(=O)NOCc3ccc(F)cc3Br)c12. The lowest BCUT2D eigenvalue weighted by atomic mass is 10.1. The Morgan fingerprint density at radius 2 is 2.23 bits per heavy atom. The number of hydroxylamine groups is 1. The smallest absolute Gasteiger partial charge is 0.275 e. The second-order valence-corrected chi connectivity index (χ2v) is 7.13. The van der Waals surface area contributed by atoms with Gasteiger partial charge in [-0.2, -0.15) is 0 Å². The third kappa shape index (κ3) is 3.34. The third-order valence-electron chi connectivity index (χ3n) is 4.28. The van der Waals surface area contributed by atoms with Gasteiger partial charge in [-0.15, -0.1) is 0 Å². The zero-order valence-corrected chi connectivity index (χ0v) is 15.5. The minimum Gasteiger partial charge on any atom is -0.336 e. The molecule has 8 heteroatoms. The van der Waals surface area contributed by atoms with E-state index in [0.717, 1.165) is 18.5 Å². The highest BCUT2D eigenvalue weighted by atomic mass is 79.9. The number of halogens is 2. The van der Waals surface area contributed by atoms with Crippen molar-refractivity contribution in [3.8, 4) is 0 Å². The van der Waals surface area contributed by atoms with Gasteiger partial charge in [0, 0.05) is 16.1 Å². The van der Waals surface area contributed by atoms with E-state index in [9.17, 15) is 9.18 Å². The van der Waals surface area contributed by atoms with Gasteiger partial charge in [-0.1, -0.05) is 27.2 Å². The Balaban J connectivity index is 1.53. The molecule has 0 unspecified atom stereocenters. The summed E-state index contributed by atoms with van der Waals surface area (Å²) in [6.45, 7) is 1.86. The number of amides is 1. The molecule has 0 spiro atoms. The molecule has 0 bridgehead atoms. The van der Waals surface area contributed by atoms with Crippen LogP contribution in [-0.2, 0) is 11.4 Å². The van der Waals surface area contributed by atoms with Crippen LogP contribution in [0.25, 0.3) is 11.1 Å². The molecule has 0 radical (unpaired) electrons. The maximum atomic E-state index is 13.1. The number of carbonyl (C=O) groups is 1. The molecular weight excluding hydrogens is 405 g/mol. The Kier molecular flexibility index (Phi) is 4.46. The number of hydrogen-bond donors (Lipinski definition) is 1. The van der Waals surface area contributed by atoms with E-state index in [2.05, 4.69) is 31.6 Å². The van der Waals surface area contributed by atoms with Crippen LogP contribution in [-0.4, -0.2) is 16.0 Å². The number of aryl methyl sites for hydroxylation is 1. The number of carbonyl (C=O) groups excluding carboxylic acids is 1. The van der Waals surface area contributed by atoms with Gasteiger partial charge in [0.25, 0.3) is 11.6 Å². The second-order valence-electron chi connectivity index (χ2n) is 6.27. The molecule has 0 atom stereocenters. The molecule has 26 heavy (non-hydrogen) atoms. The van der Waals surface area contributed by atoms with Gasteiger partial charge in [0.2, 0.25) is 0 Å². The van der Waals surface area contributed by atoms with Gasteiger partial charge in [-0.25, -0.2) is 14.9 Å². The summed E-state index contributed by atoms with van der Waals surface area (Å²) in [4.78, 5) is 22.4. The van der Waals surface area contributed by atoms with Crippen LogP contribution in [0.5, 0.6) is 0 Å². The standard InChI is InChI=1S/C18H15BrFN3O3/c1-9-16-13(7-15(10-2-3-10)21-18(16)26-22-9)17(24)23-25-8-11-4-5-12(20)6-14(11)19/h4-7,10H,2-3,8H2,1H3,(H,23,24). The van der Waals surface area contributed by atoms with Crippen molar-refractivity contribution in [2.45, 2.75) is 32.3 Å². The number of fused-ring (bicyclic) bond motifs is 1. The molecular formula is C18H15BrFN3O3. The molecule has 6 nitrogen and oxygen atoms in total. The Bertz CT molecular complexity index is 1000. The number of nitrogens with zero attached hydrogens (tertiary/aromatic N) is 2. The average molecular weight is 420 g/mol. The minimum atomic E-state index is -0.399. The first-order valence-electron chi connectivity index (χ1n) is 8.16. The summed E-state index contributed by atoms with van der Waals surface area (Å²) in [6, 6.07) is 6.04. The third-order valence-corrected chi connectivity index (χ3v) is 5.02. The van der Waals surface area contributed by atoms with Gasteiger partial charge in [0.15, 0.2) is 0 Å². The first-order valence-corrected chi connectivity index (χ1v) is 8.95. The Labute approximate surface area is 156 Å². The molecule has 1 aromatic carbocycles. The van der Waals surface area contributed by atoms with Crippen LogP contribution in [0.3, 0.4) is 0 Å². The quantitative estimate of drug-likeness (QED) is 0.627. The predicted molar refractivity (Wildman–Crippen MR) is 94.9 cm³/mol. The molecule has 1 amide bonds. The van der Waals surface area contributed by atoms with Crippen molar-refractivity contribution in [1.82, 2.24) is 15.6 Å². The topological polar surface area (TPSA) is 77.2 Å². The lowest BCUT2D eigenvalue weighted by Crippen LogP contribution is -2.24. The van der Waals surface area contributed by atoms with Gasteiger partial charge >= 0.3 is 0 Å². The summed E-state index contributed by atoms with van der Waals surface area (Å²) in [5, 5.41) is 4.49. The Morgan fingerprint density at radius 3 is 2.96 bits per heavy atom. The van der Waals surface area contributed by atoms with Crippen molar-refractivity contribution in [2.24, 2.45) is 0 Å². The molecule has 2 heterocycles. The number of rotatable bonds is 5. The van der Waals surface area contributed by atoms with E-state index in [1.165, 1.54) is 12.1 Å². The highest BCUT2D eigenvalue weighted by molar-refractivity contribution is 9.10. The van der Waals surface area contributed by atoms with E-state index in [1.54, 1.807) is 19.1 Å². The second kappa shape index (κ2) is 6.77. The van der Waals surface area contributed by atoms with Gasteiger partial charge in [0.1, 0.15) is 12.4 Å². The van der Waals surface area contributed by atoms with Crippen molar-refractivity contribution in [3.05, 3.63) is 57.1 Å². The molecule has 1 fully saturated rings. The normalized spacial score (nSPS) is 14.0. The summed E-state index contributed by atoms with van der Waals surface area (Å²) < 4.78 is 18.9. The van der Waals surface area contributed by atoms with Crippen LogP contribution in [0.15, 0.2) is 33.3 Å². The number of hydrogen-bond acceptors (Lipinski definition) is 5. The van der Waals surface area contributed by atoms with Crippen LogP contribution in [0.1, 0.15) is 46.1 Å². The van der Waals surface area contributed by atoms with Crippen LogP contribution in [0.4, 0.5) is 4.39 Å². The molecule has 3 aromatic rings. The maximum absolute atomic E-state index is 13.1. The molecule has 1 aliphatic carbocycles. The van der Waals surface area contributed by atoms with E-state index in [0.29, 0.717) is 38.3 Å². The summed E-state index contributed by atoms with van der Waals surface area (Å²) >= 11 is 3.27. The fourth-order valence-electron chi connectivity index (χ4n) is 2.75. The van der Waals surface area contributed by atoms with Crippen molar-refractivity contribution in [3.63, 3.8) is 0 Å². The Hall–Kier alpha value is -2.32. The lowest BCUT2D eigenvalue weighted by Gasteiger charge is -2.09. The molecule has 1 aliphatic rings. The fourth-order valence-corrected chi connectivity index (χ4v) is 3.22. The van der Waals surface area contributed by atoms with E-state index in [1.807, 2.05) is 0 Å². The molecule has 4 rings (SSSR count). The molecule has 0 saturated heterocycles. The fraction of sp³-hybridized carbons (Fsp3) is 0.278. The van der Waals surface area contributed by atoms with Crippen LogP contribution in [0, 0.1) is 12.7 Å². The zero-order valence-electron chi connectivity index (χ0n) is 13.9. The first-order chi connectivity index (χ1) is 12.5. The maximum Gasteiger partial charge on any atom is 0.275 e. The molecule has 0 aliphatic heterocycles. The summed E-state index contributed by atoms with van der Waals surface area (Å²) in [7, 11) is 0. The summed E-state index contributed by atoms with van der Waals surface area (Å²) in [5.41, 5.74) is 5.36. The number of aromatic nitrogens is 2. The summed E-state index contributed by atoms with van der Waals surface area (Å²) in [6.07, 6.45) is 2.11. The van der Waals surface area contributed by atoms with Gasteiger partial charge in [0.05, 0.1) is 16.6 Å². The lowest BCUT2D eigenvalue weighted by molar-refractivity contribution is 0.0232. The molecule has 2 aromatic heterocycles. The van der Waals surface area contributed by atoms with Crippen molar-refractivity contribution >= 4 is 32.9 Å². The average Bonchev–Trinajstić information content (AvgIpc) is 3.40. The minimum absolute atomic E-state index is 0.0962. The van der Waals surface area contributed by atoms with Crippen LogP contribution < -0.4 is 5.48 Å². The van der Waals surface area contributed by atoms with Crippen molar-refractivity contribution in [1.29, 1.82) is 0 Å². The highest BCUT2D eigenvalue weighted by Gasteiger charge is 2.28. The van der Waals surface area contributed by atoms with E-state index < -0.39 is 5.91 Å². The first kappa shape index (κ1) is 17.1. The van der Waals surface area contributed by atoms with E-state index in [-0.39, 0.29) is 12.4 Å². The summed E-state index contributed by atoms with van der Waals surface area (Å²) in [5.74, 6) is -0.379. The molecule has 1 saturated carbocycles. The van der Waals surface area contributed by atoms with Crippen LogP contribution in [0.2, 0.25) is 0 Å². The molecule has 1 N–H and O–H groups in total. The van der Waals surface area contributed by atoms with Gasteiger partial charge in [-0.3, -0.25) is 9.63 Å². The molecule has 134 valence electrons. The Morgan fingerprint density at radius 1 is 1.42 bits per heavy atom. The van der Waals surface area contributed by atoms with E-state index in [4.69, 9.17) is 9.36 Å². The number of nitrogens with one attached hydrogen (secondary N) is 1.